The van der Waals surface area contributed by atoms with Crippen LogP contribution < -0.4 is 5.32 Å². The number of hydrogen-bond acceptors (Lipinski definition) is 4. The van der Waals surface area contributed by atoms with Crippen molar-refractivity contribution in [2.45, 2.75) is 19.1 Å². The van der Waals surface area contributed by atoms with Crippen molar-refractivity contribution in [2.24, 2.45) is 0 Å². The molecule has 1 atom stereocenters. The Morgan fingerprint density at radius 2 is 2.35 bits per heavy atom. The van der Waals surface area contributed by atoms with E-state index in [9.17, 15) is 14.3 Å². The van der Waals surface area contributed by atoms with Crippen LogP contribution in [0.5, 0.6) is 0 Å². The summed E-state index contributed by atoms with van der Waals surface area (Å²) in [5, 5.41) is 16.3. The first kappa shape index (κ1) is 14.1. The van der Waals surface area contributed by atoms with Crippen LogP contribution in [0.4, 0.5) is 4.39 Å². The molecule has 0 aliphatic carbocycles. The number of rotatable bonds is 6. The summed E-state index contributed by atoms with van der Waals surface area (Å²) in [6.45, 7) is 1.02. The smallest absolute Gasteiger partial charge is 0.253 e. The lowest BCUT2D eigenvalue weighted by atomic mass is 10.1. The van der Waals surface area contributed by atoms with Crippen LogP contribution >= 0.6 is 0 Å². The summed E-state index contributed by atoms with van der Waals surface area (Å²) in [7, 11) is 0. The third-order valence-corrected chi connectivity index (χ3v) is 2.74. The molecular weight excluding hydrogens is 263 g/mol. The van der Waals surface area contributed by atoms with Crippen molar-refractivity contribution in [3.05, 3.63) is 48.3 Å². The molecule has 0 aliphatic heterocycles. The Balaban J connectivity index is 1.76. The fourth-order valence-electron chi connectivity index (χ4n) is 1.73. The molecule has 0 aliphatic rings. The van der Waals surface area contributed by atoms with Gasteiger partial charge in [0.25, 0.3) is 5.91 Å². The number of aliphatic hydroxyl groups is 1. The zero-order chi connectivity index (χ0) is 14.4. The minimum absolute atomic E-state index is 0.235. The lowest BCUT2D eigenvalue weighted by molar-refractivity contribution is -0.129. The largest absolute Gasteiger partial charge is 0.378 e. The number of aromatic nitrogens is 3. The molecule has 7 heteroatoms. The Morgan fingerprint density at radius 3 is 3.05 bits per heavy atom. The molecule has 106 valence electrons. The molecule has 1 amide bonds. The van der Waals surface area contributed by atoms with Gasteiger partial charge in [-0.15, -0.1) is 0 Å². The Bertz CT molecular complexity index is 559. The van der Waals surface area contributed by atoms with Gasteiger partial charge in [-0.05, 0) is 24.1 Å². The molecule has 2 rings (SSSR count). The minimum Gasteiger partial charge on any atom is -0.378 e. The van der Waals surface area contributed by atoms with Gasteiger partial charge >= 0.3 is 0 Å². The second kappa shape index (κ2) is 6.76. The standard InChI is InChI=1S/C13H15FN4O2/c14-11-4-1-3-10(7-11)12(19)13(20)16-5-2-6-18-9-15-8-17-18/h1,3-4,7-9,12,19H,2,5-6H2,(H,16,20). The van der Waals surface area contributed by atoms with E-state index < -0.39 is 17.8 Å². The number of halogens is 1. The molecule has 20 heavy (non-hydrogen) atoms. The molecule has 0 saturated heterocycles. The number of hydrogen-bond donors (Lipinski definition) is 2. The average Bonchev–Trinajstić information content (AvgIpc) is 2.95. The topological polar surface area (TPSA) is 80.0 Å². The van der Waals surface area contributed by atoms with Crippen molar-refractivity contribution in [3.8, 4) is 0 Å². The average molecular weight is 278 g/mol. The van der Waals surface area contributed by atoms with Gasteiger partial charge in [-0.3, -0.25) is 9.48 Å². The van der Waals surface area contributed by atoms with Crippen molar-refractivity contribution in [1.82, 2.24) is 20.1 Å². The maximum atomic E-state index is 13.0. The molecular formula is C13H15FN4O2. The predicted octanol–water partition coefficient (Wildman–Crippen LogP) is 0.657. The number of carbonyl (C=O) groups excluding carboxylic acids is 1. The highest BCUT2D eigenvalue weighted by Gasteiger charge is 2.16. The Hall–Kier alpha value is -2.28. The zero-order valence-electron chi connectivity index (χ0n) is 10.7. The number of nitrogens with zero attached hydrogens (tertiary/aromatic N) is 3. The molecule has 0 bridgehead atoms. The summed E-state index contributed by atoms with van der Waals surface area (Å²) < 4.78 is 14.6. The van der Waals surface area contributed by atoms with E-state index >= 15 is 0 Å². The van der Waals surface area contributed by atoms with Gasteiger partial charge in [0.05, 0.1) is 0 Å². The second-order valence-electron chi connectivity index (χ2n) is 4.26. The van der Waals surface area contributed by atoms with E-state index in [0.29, 0.717) is 19.5 Å². The van der Waals surface area contributed by atoms with Gasteiger partial charge < -0.3 is 10.4 Å². The van der Waals surface area contributed by atoms with Crippen molar-refractivity contribution in [2.75, 3.05) is 6.54 Å². The van der Waals surface area contributed by atoms with E-state index in [-0.39, 0.29) is 5.56 Å². The number of carbonyl (C=O) groups is 1. The minimum atomic E-state index is -1.36. The quantitative estimate of drug-likeness (QED) is 0.761. The Labute approximate surface area is 115 Å². The third-order valence-electron chi connectivity index (χ3n) is 2.74. The van der Waals surface area contributed by atoms with Crippen molar-refractivity contribution in [1.29, 1.82) is 0 Å². The van der Waals surface area contributed by atoms with Crippen LogP contribution in [0.3, 0.4) is 0 Å². The monoisotopic (exact) mass is 278 g/mol. The number of amides is 1. The van der Waals surface area contributed by atoms with E-state index in [0.717, 1.165) is 6.07 Å². The number of aryl methyl sites for hydroxylation is 1. The molecule has 1 aromatic heterocycles. The van der Waals surface area contributed by atoms with Gasteiger partial charge in [0.1, 0.15) is 18.5 Å². The zero-order valence-corrected chi connectivity index (χ0v) is 10.7. The maximum Gasteiger partial charge on any atom is 0.253 e. The van der Waals surface area contributed by atoms with Crippen LogP contribution in [0.15, 0.2) is 36.9 Å². The SMILES string of the molecule is O=C(NCCCn1cncn1)C(O)c1cccc(F)c1. The van der Waals surface area contributed by atoms with Gasteiger partial charge in [0.15, 0.2) is 6.10 Å². The lowest BCUT2D eigenvalue weighted by Crippen LogP contribution is -2.30. The summed E-state index contributed by atoms with van der Waals surface area (Å²) in [5.74, 6) is -1.03. The molecule has 0 saturated carbocycles. The van der Waals surface area contributed by atoms with Crippen molar-refractivity contribution >= 4 is 5.91 Å². The second-order valence-corrected chi connectivity index (χ2v) is 4.26. The van der Waals surface area contributed by atoms with Gasteiger partial charge in [-0.1, -0.05) is 12.1 Å². The third kappa shape index (κ3) is 3.86. The maximum absolute atomic E-state index is 13.0. The van der Waals surface area contributed by atoms with Gasteiger partial charge in [0, 0.05) is 13.1 Å². The number of aliphatic hydroxyl groups excluding tert-OH is 1. The van der Waals surface area contributed by atoms with E-state index in [2.05, 4.69) is 15.4 Å². The molecule has 0 fully saturated rings. The Morgan fingerprint density at radius 1 is 1.50 bits per heavy atom. The number of benzene rings is 1. The summed E-state index contributed by atoms with van der Waals surface area (Å²) >= 11 is 0. The van der Waals surface area contributed by atoms with Crippen LogP contribution in [0, 0.1) is 5.82 Å². The summed E-state index contributed by atoms with van der Waals surface area (Å²) in [6.07, 6.45) is 2.32. The summed E-state index contributed by atoms with van der Waals surface area (Å²) in [4.78, 5) is 15.5. The molecule has 0 radical (unpaired) electrons. The summed E-state index contributed by atoms with van der Waals surface area (Å²) in [6, 6.07) is 5.35. The molecule has 1 aromatic carbocycles. The fourth-order valence-corrected chi connectivity index (χ4v) is 1.73. The highest BCUT2D eigenvalue weighted by Crippen LogP contribution is 2.13. The van der Waals surface area contributed by atoms with Crippen molar-refractivity contribution < 1.29 is 14.3 Å². The molecule has 1 heterocycles. The predicted molar refractivity (Wildman–Crippen MR) is 69.0 cm³/mol. The summed E-state index contributed by atoms with van der Waals surface area (Å²) in [5.41, 5.74) is 0.235. The van der Waals surface area contributed by atoms with Crippen LogP contribution in [-0.4, -0.2) is 32.3 Å². The molecule has 2 N–H and O–H groups in total. The van der Waals surface area contributed by atoms with E-state index in [1.807, 2.05) is 0 Å². The first-order valence-corrected chi connectivity index (χ1v) is 6.20. The van der Waals surface area contributed by atoms with Crippen LogP contribution in [0.2, 0.25) is 0 Å². The van der Waals surface area contributed by atoms with Crippen LogP contribution in [0.1, 0.15) is 18.1 Å². The van der Waals surface area contributed by atoms with E-state index in [1.165, 1.54) is 24.5 Å². The van der Waals surface area contributed by atoms with Crippen LogP contribution in [0.25, 0.3) is 0 Å². The van der Waals surface area contributed by atoms with E-state index in [1.54, 1.807) is 11.0 Å². The molecule has 2 aromatic rings. The molecule has 6 nitrogen and oxygen atoms in total. The van der Waals surface area contributed by atoms with Gasteiger partial charge in [-0.2, -0.15) is 5.10 Å². The normalized spacial score (nSPS) is 12.1. The highest BCUT2D eigenvalue weighted by atomic mass is 19.1. The van der Waals surface area contributed by atoms with Crippen LogP contribution in [-0.2, 0) is 11.3 Å². The van der Waals surface area contributed by atoms with E-state index in [4.69, 9.17) is 0 Å². The van der Waals surface area contributed by atoms with Crippen molar-refractivity contribution in [3.63, 3.8) is 0 Å². The first-order chi connectivity index (χ1) is 9.66. The molecule has 0 spiro atoms. The first-order valence-electron chi connectivity index (χ1n) is 6.20. The number of nitrogens with one attached hydrogen (secondary N) is 1. The lowest BCUT2D eigenvalue weighted by Gasteiger charge is -2.11. The fraction of sp³-hybridized carbons (Fsp3) is 0.308. The molecule has 1 unspecified atom stereocenters. The highest BCUT2D eigenvalue weighted by molar-refractivity contribution is 5.81. The van der Waals surface area contributed by atoms with Gasteiger partial charge in [0.2, 0.25) is 0 Å². The van der Waals surface area contributed by atoms with Gasteiger partial charge in [-0.25, -0.2) is 9.37 Å². The Kier molecular flexibility index (Phi) is 4.78.